The van der Waals surface area contributed by atoms with Crippen molar-refractivity contribution in [3.05, 3.63) is 94.3 Å². The minimum absolute atomic E-state index is 0.00421. The molecule has 0 saturated carbocycles. The fourth-order valence-corrected chi connectivity index (χ4v) is 14.2. The zero-order valence-electron chi connectivity index (χ0n) is 56.6. The molecule has 8 N–H and O–H groups in total. The smallest absolute Gasteiger partial charge is 0.406 e. The van der Waals surface area contributed by atoms with E-state index in [-0.39, 0.29) is 85.3 Å². The summed E-state index contributed by atoms with van der Waals surface area (Å²) in [6.45, 7) is 8.39. The van der Waals surface area contributed by atoms with Gasteiger partial charge in [-0.05, 0) is 115 Å². The number of likely N-dealkylation sites (tertiary alicyclic amines) is 2. The summed E-state index contributed by atoms with van der Waals surface area (Å²) in [6.07, 6.45) is -1.23. The second-order valence-corrected chi connectivity index (χ2v) is 28.2. The Morgan fingerprint density at radius 1 is 0.614 bits per heavy atom. The van der Waals surface area contributed by atoms with Crippen molar-refractivity contribution < 1.29 is 92.3 Å². The zero-order chi connectivity index (χ0) is 74.6. The highest BCUT2D eigenvalue weighted by Crippen LogP contribution is 2.36. The van der Waals surface area contributed by atoms with Gasteiger partial charge in [0.2, 0.25) is 23.6 Å². The highest BCUT2D eigenvalue weighted by atomic mass is 127. The molecule has 0 radical (unpaired) electrons. The molecule has 4 amide bonds. The van der Waals surface area contributed by atoms with Crippen LogP contribution in [0.3, 0.4) is 0 Å². The molecule has 2 aromatic heterocycles. The Bertz CT molecular complexity index is 4180. The number of nitrogens with zero attached hydrogens (tertiary/aromatic N) is 6. The number of piperidine rings is 2. The van der Waals surface area contributed by atoms with Gasteiger partial charge in [-0.25, -0.2) is 26.3 Å². The van der Waals surface area contributed by atoms with Crippen LogP contribution in [0.4, 0.5) is 49.1 Å². The fraction of sp³-hybridized carbons (Fsp3) is 0.471. The van der Waals surface area contributed by atoms with Gasteiger partial charge in [-0.3, -0.25) is 29.0 Å². The summed E-state index contributed by atoms with van der Waals surface area (Å²) in [5.41, 5.74) is 2.55. The molecule has 8 rings (SSSR count). The van der Waals surface area contributed by atoms with E-state index >= 15 is 0 Å². The van der Waals surface area contributed by atoms with Crippen molar-refractivity contribution in [3.8, 4) is 35.7 Å². The van der Waals surface area contributed by atoms with Gasteiger partial charge in [0, 0.05) is 126 Å². The highest BCUT2D eigenvalue weighted by Gasteiger charge is 2.33. The van der Waals surface area contributed by atoms with Gasteiger partial charge < -0.3 is 59.5 Å². The van der Waals surface area contributed by atoms with E-state index in [1.807, 2.05) is 38.1 Å². The number of fused-ring (bicyclic) bond motifs is 2. The number of phenols is 2. The van der Waals surface area contributed by atoms with Crippen LogP contribution in [-0.4, -0.2) is 196 Å². The number of aromatic hydroxyl groups is 2. The molecular formula is C68H85F6IN10O14S2. The van der Waals surface area contributed by atoms with E-state index in [4.69, 9.17) is 15.9 Å². The maximum absolute atomic E-state index is 13.8. The van der Waals surface area contributed by atoms with Crippen molar-refractivity contribution in [2.75, 3.05) is 100 Å². The van der Waals surface area contributed by atoms with Crippen LogP contribution >= 0.6 is 22.6 Å². The first-order chi connectivity index (χ1) is 47.7. The first-order valence-corrected chi connectivity index (χ1v) is 36.4. The SMILES string of the molecule is C#CCN(C(=O)CC)c1ccc(S(=O)(=O)NC(=O)CC)cc1O.CCC(=O)NS(=O)(=O)c1ccc(N(CC#Cc2cc3c(NC4CCN(CC(O)COC)CC4)cccc3n2CC(F)(F)F)C(=O)CC)c(O)c1.COCC(O)CN1CCC(Nc2cccc3c2cc(I)n3CC(F)(F)F)CC1. The third kappa shape index (κ3) is 23.9. The van der Waals surface area contributed by atoms with Crippen molar-refractivity contribution in [2.24, 2.45) is 0 Å². The Kier molecular flexibility index (Phi) is 30.4. The Hall–Kier alpha value is -7.87. The molecule has 0 bridgehead atoms. The Morgan fingerprint density at radius 2 is 1.02 bits per heavy atom. The van der Waals surface area contributed by atoms with Gasteiger partial charge in [0.25, 0.3) is 20.0 Å². The molecule has 4 heterocycles. The molecule has 2 atom stereocenters. The second kappa shape index (κ2) is 37.3. The quantitative estimate of drug-likeness (QED) is 0.0143. The molecule has 2 unspecified atom stereocenters. The summed E-state index contributed by atoms with van der Waals surface area (Å²) < 4.78 is 146. The molecule has 2 saturated heterocycles. The first kappa shape index (κ1) is 82.1. The Labute approximate surface area is 596 Å². The predicted molar refractivity (Wildman–Crippen MR) is 379 cm³/mol. The average Bonchev–Trinajstić information content (AvgIpc) is 1.69. The molecule has 552 valence electrons. The van der Waals surface area contributed by atoms with Crippen molar-refractivity contribution in [2.45, 2.75) is 139 Å². The van der Waals surface area contributed by atoms with Gasteiger partial charge in [-0.15, -0.1) is 6.42 Å². The molecule has 4 aromatic carbocycles. The third-order valence-corrected chi connectivity index (χ3v) is 19.8. The van der Waals surface area contributed by atoms with E-state index in [0.29, 0.717) is 45.5 Å². The number of hydrogen-bond acceptors (Lipinski definition) is 18. The monoisotopic (exact) mass is 1570 g/mol. The second-order valence-electron chi connectivity index (χ2n) is 23.8. The van der Waals surface area contributed by atoms with Crippen molar-refractivity contribution in [3.63, 3.8) is 0 Å². The van der Waals surface area contributed by atoms with Crippen molar-refractivity contribution >= 4 is 111 Å². The number of terminal acetylenes is 1. The molecule has 24 nitrogen and oxygen atoms in total. The van der Waals surface area contributed by atoms with Crippen LogP contribution in [0.1, 0.15) is 84.8 Å². The highest BCUT2D eigenvalue weighted by molar-refractivity contribution is 14.1. The molecular weight excluding hydrogens is 1490 g/mol. The van der Waals surface area contributed by atoms with Crippen LogP contribution in [0.2, 0.25) is 0 Å². The number of halogens is 7. The first-order valence-electron chi connectivity index (χ1n) is 32.3. The molecule has 0 aliphatic carbocycles. The number of β-amino-alcohol motifs (C(OH)–C–C–N with tert-alkyl or cyclic N) is 2. The maximum atomic E-state index is 13.8. The number of carbonyl (C=O) groups excluding carboxylic acids is 4. The molecule has 101 heavy (non-hydrogen) atoms. The number of rotatable bonds is 26. The lowest BCUT2D eigenvalue weighted by atomic mass is 10.0. The predicted octanol–water partition coefficient (Wildman–Crippen LogP) is 8.48. The number of anilines is 4. The Balaban J connectivity index is 0.000000264. The van der Waals surface area contributed by atoms with Crippen LogP contribution in [0.15, 0.2) is 94.7 Å². The van der Waals surface area contributed by atoms with Crippen LogP contribution in [0.5, 0.6) is 11.5 Å². The lowest BCUT2D eigenvalue weighted by Crippen LogP contribution is -2.43. The third-order valence-electron chi connectivity index (χ3n) is 16.2. The number of aliphatic hydroxyl groups excluding tert-OH is 2. The number of aromatic nitrogens is 2. The number of benzene rings is 4. The lowest BCUT2D eigenvalue weighted by molar-refractivity contribution is -0.141. The summed E-state index contributed by atoms with van der Waals surface area (Å²) in [6, 6.07) is 20.8. The molecule has 2 aliphatic rings. The van der Waals surface area contributed by atoms with Crippen LogP contribution in [0.25, 0.3) is 21.8 Å². The van der Waals surface area contributed by atoms with Gasteiger partial charge in [-0.1, -0.05) is 51.7 Å². The van der Waals surface area contributed by atoms with Gasteiger partial charge in [0.15, 0.2) is 0 Å². The number of ether oxygens (including phenoxy) is 2. The summed E-state index contributed by atoms with van der Waals surface area (Å²) in [4.78, 5) is 53.6. The van der Waals surface area contributed by atoms with Crippen LogP contribution in [0, 0.1) is 27.9 Å². The molecule has 0 spiro atoms. The number of nitrogens with one attached hydrogen (secondary N) is 4. The number of phenolic OH excluding ortho intramolecular Hbond substituents is 2. The number of amides is 4. The normalized spacial score (nSPS) is 14.8. The standard InChI is InChI=1S/C34H42F3N5O7S.C19H25F3IN3O2.C15H18N2O5S/c1-4-32(45)39-50(47,48)26-11-12-30(31(44)19-26)41(33(46)5-2)15-7-8-24-18-27-28(9-6-10-29(27)42(24)22-34(35,36)37)38-23-13-16-40(17-14-23)20-25(43)21-49-3;1-28-11-14(27)10-25-7-5-13(6-8-25)24-16-3-2-4-17-15(16)9-18(23)26(17)12-19(20,21)22;1-4-9-17(15(20)6-3)12-8-7-11(10-13(12)18)23(21,22)16-14(19)5-2/h6,9-12,18-19,23,25,38,43-44H,4-5,13-17,20-22H2,1-3H3,(H,39,45);2-4,9,13-14,24,27H,5-8,10-12H2,1H3;1,7-8,10,18H,5-6,9H2,2-3H3,(H,16,19). The summed E-state index contributed by atoms with van der Waals surface area (Å²) in [7, 11) is -5.25. The van der Waals surface area contributed by atoms with E-state index in [1.54, 1.807) is 63.4 Å². The zero-order valence-corrected chi connectivity index (χ0v) is 60.4. The summed E-state index contributed by atoms with van der Waals surface area (Å²) in [5.74, 6) is 4.66. The van der Waals surface area contributed by atoms with E-state index < -0.39 is 91.8 Å². The average molecular weight is 1570 g/mol. The number of methoxy groups -OCH3 is 2. The molecule has 2 aliphatic heterocycles. The van der Waals surface area contributed by atoms with E-state index in [0.717, 1.165) is 90.6 Å². The number of aliphatic hydroxyl groups is 2. The van der Waals surface area contributed by atoms with Gasteiger partial charge in [0.1, 0.15) is 24.6 Å². The van der Waals surface area contributed by atoms with Gasteiger partial charge in [0.05, 0.1) is 80.1 Å². The molecule has 6 aromatic rings. The molecule has 33 heteroatoms. The van der Waals surface area contributed by atoms with E-state index in [2.05, 4.69) is 38.2 Å². The number of sulfonamides is 2. The largest absolute Gasteiger partial charge is 0.506 e. The van der Waals surface area contributed by atoms with Crippen LogP contribution in [-0.2, 0) is 61.8 Å². The minimum Gasteiger partial charge on any atom is -0.506 e. The fourth-order valence-electron chi connectivity index (χ4n) is 11.3. The summed E-state index contributed by atoms with van der Waals surface area (Å²) in [5, 5.41) is 49.0. The minimum atomic E-state index is -4.55. The van der Waals surface area contributed by atoms with Crippen molar-refractivity contribution in [1.82, 2.24) is 28.4 Å². The van der Waals surface area contributed by atoms with E-state index in [9.17, 15) is 82.8 Å². The Morgan fingerprint density at radius 3 is 1.41 bits per heavy atom. The molecule has 2 fully saturated rings. The number of alkyl halides is 6. The van der Waals surface area contributed by atoms with Gasteiger partial charge >= 0.3 is 12.4 Å². The summed E-state index contributed by atoms with van der Waals surface area (Å²) >= 11 is 1.96. The van der Waals surface area contributed by atoms with E-state index in [1.165, 1.54) is 48.6 Å². The van der Waals surface area contributed by atoms with Crippen molar-refractivity contribution in [1.29, 1.82) is 0 Å². The topological polar surface area (TPSA) is 307 Å². The maximum Gasteiger partial charge on any atom is 0.406 e. The van der Waals surface area contributed by atoms with Gasteiger partial charge in [-0.2, -0.15) is 26.3 Å². The number of carbonyl (C=O) groups is 4. The lowest BCUT2D eigenvalue weighted by Gasteiger charge is -2.34. The van der Waals surface area contributed by atoms with Crippen LogP contribution < -0.4 is 29.9 Å². The number of hydrogen-bond donors (Lipinski definition) is 8.